The van der Waals surface area contributed by atoms with Gasteiger partial charge in [0.2, 0.25) is 5.95 Å². The highest BCUT2D eigenvalue weighted by Gasteiger charge is 2.05. The summed E-state index contributed by atoms with van der Waals surface area (Å²) in [5, 5.41) is 4.34. The van der Waals surface area contributed by atoms with Crippen LogP contribution in [0.1, 0.15) is 5.56 Å². The highest BCUT2D eigenvalue weighted by atomic mass is 35.5. The molecule has 0 atom stereocenters. The lowest BCUT2D eigenvalue weighted by molar-refractivity contribution is 0.978. The van der Waals surface area contributed by atoms with E-state index in [2.05, 4.69) is 20.3 Å². The van der Waals surface area contributed by atoms with E-state index in [1.54, 1.807) is 36.7 Å². The molecule has 0 saturated heterocycles. The molecule has 3 rings (SSSR count). The Morgan fingerprint density at radius 2 is 1.88 bits per heavy atom. The zero-order valence-electron chi connectivity index (χ0n) is 12.6. The Morgan fingerprint density at radius 3 is 2.62 bits per heavy atom. The van der Waals surface area contributed by atoms with Gasteiger partial charge in [0.25, 0.3) is 5.56 Å². The molecule has 7 heteroatoms. The van der Waals surface area contributed by atoms with Crippen molar-refractivity contribution in [2.45, 2.75) is 6.42 Å². The number of nitrogens with zero attached hydrogens (tertiary/aromatic N) is 2. The van der Waals surface area contributed by atoms with E-state index < -0.39 is 0 Å². The van der Waals surface area contributed by atoms with Gasteiger partial charge in [0, 0.05) is 40.6 Å². The van der Waals surface area contributed by atoms with Crippen LogP contribution in [0.3, 0.4) is 0 Å². The zero-order chi connectivity index (χ0) is 16.9. The van der Waals surface area contributed by atoms with Crippen molar-refractivity contribution in [3.63, 3.8) is 0 Å². The maximum Gasteiger partial charge on any atom is 0.252 e. The van der Waals surface area contributed by atoms with Gasteiger partial charge in [-0.2, -0.15) is 0 Å². The number of aromatic nitrogens is 3. The van der Waals surface area contributed by atoms with Gasteiger partial charge in [-0.25, -0.2) is 4.98 Å². The van der Waals surface area contributed by atoms with Gasteiger partial charge in [0.05, 0.1) is 5.69 Å². The first kappa shape index (κ1) is 16.5. The number of nitrogens with one attached hydrogen (secondary N) is 2. The van der Waals surface area contributed by atoms with Crippen molar-refractivity contribution in [2.24, 2.45) is 0 Å². The van der Waals surface area contributed by atoms with Crippen LogP contribution in [0.25, 0.3) is 11.3 Å². The molecule has 122 valence electrons. The molecule has 0 fully saturated rings. The van der Waals surface area contributed by atoms with Crippen LogP contribution in [-0.2, 0) is 6.42 Å². The van der Waals surface area contributed by atoms with Crippen molar-refractivity contribution in [2.75, 3.05) is 11.9 Å². The molecule has 0 saturated carbocycles. The predicted octanol–water partition coefficient (Wildman–Crippen LogP) is 3.79. The van der Waals surface area contributed by atoms with E-state index >= 15 is 0 Å². The molecule has 2 aromatic heterocycles. The number of hydrogen-bond donors (Lipinski definition) is 2. The van der Waals surface area contributed by atoms with Gasteiger partial charge in [0.15, 0.2) is 0 Å². The lowest BCUT2D eigenvalue weighted by Crippen LogP contribution is -2.14. The Bertz CT molecular complexity index is 897. The molecule has 0 aliphatic heterocycles. The van der Waals surface area contributed by atoms with Gasteiger partial charge in [0.1, 0.15) is 0 Å². The second-order valence-corrected chi connectivity index (χ2v) is 5.97. The van der Waals surface area contributed by atoms with E-state index in [9.17, 15) is 4.79 Å². The summed E-state index contributed by atoms with van der Waals surface area (Å²) in [5.74, 6) is 0.416. The average Bonchev–Trinajstić information content (AvgIpc) is 2.57. The van der Waals surface area contributed by atoms with Crippen LogP contribution in [0.5, 0.6) is 0 Å². The van der Waals surface area contributed by atoms with Gasteiger partial charge in [-0.3, -0.25) is 14.8 Å². The Kier molecular flexibility index (Phi) is 5.13. The Morgan fingerprint density at radius 1 is 1.08 bits per heavy atom. The number of rotatable bonds is 5. The topological polar surface area (TPSA) is 70.7 Å². The van der Waals surface area contributed by atoms with Gasteiger partial charge in [-0.05, 0) is 36.2 Å². The number of aromatic amines is 1. The fourth-order valence-electron chi connectivity index (χ4n) is 2.25. The first-order chi connectivity index (χ1) is 11.6. The number of pyridine rings is 1. The highest BCUT2D eigenvalue weighted by Crippen LogP contribution is 2.21. The smallest absolute Gasteiger partial charge is 0.252 e. The Hall–Kier alpha value is -2.37. The van der Waals surface area contributed by atoms with Crippen molar-refractivity contribution >= 4 is 29.2 Å². The molecule has 0 spiro atoms. The molecule has 0 amide bonds. The number of hydrogen-bond acceptors (Lipinski definition) is 4. The molecule has 1 aromatic carbocycles. The normalized spacial score (nSPS) is 10.6. The van der Waals surface area contributed by atoms with Gasteiger partial charge >= 0.3 is 0 Å². The van der Waals surface area contributed by atoms with Crippen molar-refractivity contribution in [3.05, 3.63) is 74.8 Å². The van der Waals surface area contributed by atoms with Gasteiger partial charge < -0.3 is 5.32 Å². The Labute approximate surface area is 148 Å². The first-order valence-electron chi connectivity index (χ1n) is 7.31. The fourth-order valence-corrected chi connectivity index (χ4v) is 2.75. The minimum atomic E-state index is -0.219. The standard InChI is InChI=1S/C17H14Cl2N4O/c18-13-2-1-11(14(19)9-13)5-8-21-17-22-15(10-16(24)23-17)12-3-6-20-7-4-12/h1-4,6-7,9-10H,5,8H2,(H2,21,22,23,24). The van der Waals surface area contributed by atoms with Crippen LogP contribution in [0.2, 0.25) is 10.0 Å². The van der Waals surface area contributed by atoms with Crippen LogP contribution < -0.4 is 10.9 Å². The molecule has 0 radical (unpaired) electrons. The molecule has 3 aromatic rings. The largest absolute Gasteiger partial charge is 0.355 e. The van der Waals surface area contributed by atoms with Crippen molar-refractivity contribution in [3.8, 4) is 11.3 Å². The molecule has 5 nitrogen and oxygen atoms in total. The molecule has 24 heavy (non-hydrogen) atoms. The van der Waals surface area contributed by atoms with Crippen molar-refractivity contribution in [1.82, 2.24) is 15.0 Å². The van der Waals surface area contributed by atoms with Crippen LogP contribution in [0.4, 0.5) is 5.95 Å². The van der Waals surface area contributed by atoms with Crippen LogP contribution in [0, 0.1) is 0 Å². The zero-order valence-corrected chi connectivity index (χ0v) is 14.1. The molecule has 0 aliphatic rings. The quantitative estimate of drug-likeness (QED) is 0.725. The minimum Gasteiger partial charge on any atom is -0.355 e. The summed E-state index contributed by atoms with van der Waals surface area (Å²) in [6, 6.07) is 10.5. The van der Waals surface area contributed by atoms with Crippen molar-refractivity contribution < 1.29 is 0 Å². The summed E-state index contributed by atoms with van der Waals surface area (Å²) in [7, 11) is 0. The van der Waals surface area contributed by atoms with E-state index in [-0.39, 0.29) is 5.56 Å². The van der Waals surface area contributed by atoms with Gasteiger partial charge in [-0.15, -0.1) is 0 Å². The molecule has 0 bridgehead atoms. The summed E-state index contributed by atoms with van der Waals surface area (Å²) in [6.45, 7) is 0.574. The Balaban J connectivity index is 1.71. The second kappa shape index (κ2) is 7.47. The summed E-state index contributed by atoms with van der Waals surface area (Å²) in [5.41, 5.74) is 2.18. The second-order valence-electron chi connectivity index (χ2n) is 5.13. The summed E-state index contributed by atoms with van der Waals surface area (Å²) >= 11 is 12.0. The first-order valence-corrected chi connectivity index (χ1v) is 8.07. The van der Waals surface area contributed by atoms with E-state index in [1.807, 2.05) is 6.07 Å². The molecule has 0 aliphatic carbocycles. The number of halogens is 2. The molecular weight excluding hydrogens is 347 g/mol. The highest BCUT2D eigenvalue weighted by molar-refractivity contribution is 6.35. The number of anilines is 1. The lowest BCUT2D eigenvalue weighted by Gasteiger charge is -2.08. The summed E-state index contributed by atoms with van der Waals surface area (Å²) < 4.78 is 0. The van der Waals surface area contributed by atoms with Crippen LogP contribution in [-0.4, -0.2) is 21.5 Å². The molecule has 2 N–H and O–H groups in total. The van der Waals surface area contributed by atoms with Crippen molar-refractivity contribution in [1.29, 1.82) is 0 Å². The van der Waals surface area contributed by atoms with Crippen LogP contribution >= 0.6 is 23.2 Å². The monoisotopic (exact) mass is 360 g/mol. The number of benzene rings is 1. The fraction of sp³-hybridized carbons (Fsp3) is 0.118. The third kappa shape index (κ3) is 4.13. The van der Waals surface area contributed by atoms with E-state index in [1.165, 1.54) is 6.07 Å². The molecular formula is C17H14Cl2N4O. The predicted molar refractivity (Wildman–Crippen MR) is 96.7 cm³/mol. The maximum atomic E-state index is 11.8. The average molecular weight is 361 g/mol. The summed E-state index contributed by atoms with van der Waals surface area (Å²) in [4.78, 5) is 22.9. The van der Waals surface area contributed by atoms with Gasteiger partial charge in [-0.1, -0.05) is 29.3 Å². The minimum absolute atomic E-state index is 0.219. The molecule has 2 heterocycles. The molecule has 0 unspecified atom stereocenters. The van der Waals surface area contributed by atoms with E-state index in [0.717, 1.165) is 11.1 Å². The SMILES string of the molecule is O=c1cc(-c2ccncc2)nc(NCCc2ccc(Cl)cc2Cl)[nH]1. The maximum absolute atomic E-state index is 11.8. The van der Waals surface area contributed by atoms with Crippen LogP contribution in [0.15, 0.2) is 53.6 Å². The summed E-state index contributed by atoms with van der Waals surface area (Å²) in [6.07, 6.45) is 4.00. The number of H-pyrrole nitrogens is 1. The lowest BCUT2D eigenvalue weighted by atomic mass is 10.1. The van der Waals surface area contributed by atoms with E-state index in [0.29, 0.717) is 34.7 Å². The third-order valence-corrected chi connectivity index (χ3v) is 4.01. The van der Waals surface area contributed by atoms with E-state index in [4.69, 9.17) is 23.2 Å². The third-order valence-electron chi connectivity index (χ3n) is 3.42.